The summed E-state index contributed by atoms with van der Waals surface area (Å²) in [6.07, 6.45) is 2.56. The van der Waals surface area contributed by atoms with Gasteiger partial charge in [0.1, 0.15) is 0 Å². The topological polar surface area (TPSA) is 61.4 Å². The Kier molecular flexibility index (Phi) is 7.38. The SMILES string of the molecule is CCC1CCCC(Nc2cc(C(F)(F)F)ccc2C(=O)Nc2ccc3c(c2)N(C)C(=O)CC3)CC1. The Bertz CT molecular complexity index is 1100. The number of carbonyl (C=O) groups is 2. The molecule has 0 saturated heterocycles. The van der Waals surface area contributed by atoms with Gasteiger partial charge in [0, 0.05) is 36.6 Å². The highest BCUT2D eigenvalue weighted by Crippen LogP contribution is 2.35. The number of amides is 2. The molecule has 1 heterocycles. The third kappa shape index (κ3) is 5.80. The fourth-order valence-corrected chi connectivity index (χ4v) is 5.10. The summed E-state index contributed by atoms with van der Waals surface area (Å²) in [5.74, 6) is 0.148. The molecule has 2 amide bonds. The maximum Gasteiger partial charge on any atom is 0.416 e. The van der Waals surface area contributed by atoms with Crippen molar-refractivity contribution in [1.29, 1.82) is 0 Å². The van der Waals surface area contributed by atoms with E-state index in [1.165, 1.54) is 6.07 Å². The number of fused-ring (bicyclic) bond motifs is 1. The number of nitrogens with zero attached hydrogens (tertiary/aromatic N) is 1. The molecule has 2 atom stereocenters. The van der Waals surface area contributed by atoms with Crippen molar-refractivity contribution in [2.24, 2.45) is 5.92 Å². The van der Waals surface area contributed by atoms with E-state index in [2.05, 4.69) is 17.6 Å². The van der Waals surface area contributed by atoms with E-state index in [9.17, 15) is 22.8 Å². The van der Waals surface area contributed by atoms with Crippen LogP contribution in [0.25, 0.3) is 0 Å². The number of carbonyl (C=O) groups excluding carboxylic acids is 2. The highest BCUT2D eigenvalue weighted by atomic mass is 19.4. The molecule has 0 radical (unpaired) electrons. The van der Waals surface area contributed by atoms with Gasteiger partial charge < -0.3 is 15.5 Å². The van der Waals surface area contributed by atoms with Gasteiger partial charge in [-0.3, -0.25) is 9.59 Å². The van der Waals surface area contributed by atoms with Crippen LogP contribution in [0.2, 0.25) is 0 Å². The standard InChI is InChI=1S/C27H32F3N3O2/c1-3-17-5-4-6-20(11-7-17)31-23-15-19(27(28,29)30)10-13-22(23)26(35)32-21-12-8-18-9-14-25(34)33(2)24(18)16-21/h8,10,12-13,15-17,20,31H,3-7,9,11,14H2,1-2H3,(H,32,35). The molecular formula is C27H32F3N3O2. The van der Waals surface area contributed by atoms with Crippen molar-refractivity contribution in [2.45, 2.75) is 70.5 Å². The average Bonchev–Trinajstić information content (AvgIpc) is 3.06. The Morgan fingerprint density at radius 2 is 1.86 bits per heavy atom. The zero-order valence-electron chi connectivity index (χ0n) is 20.2. The smallest absolute Gasteiger partial charge is 0.382 e. The Morgan fingerprint density at radius 3 is 2.60 bits per heavy atom. The van der Waals surface area contributed by atoms with E-state index < -0.39 is 17.6 Å². The summed E-state index contributed by atoms with van der Waals surface area (Å²) in [5.41, 5.74) is 1.81. The second-order valence-electron chi connectivity index (χ2n) is 9.63. The van der Waals surface area contributed by atoms with Crippen molar-refractivity contribution in [3.63, 3.8) is 0 Å². The van der Waals surface area contributed by atoms with Crippen molar-refractivity contribution >= 4 is 28.9 Å². The fourth-order valence-electron chi connectivity index (χ4n) is 5.10. The summed E-state index contributed by atoms with van der Waals surface area (Å²) >= 11 is 0. The molecule has 8 heteroatoms. The van der Waals surface area contributed by atoms with E-state index in [0.717, 1.165) is 61.9 Å². The minimum Gasteiger partial charge on any atom is -0.382 e. The van der Waals surface area contributed by atoms with Crippen molar-refractivity contribution in [3.8, 4) is 0 Å². The van der Waals surface area contributed by atoms with Crippen LogP contribution in [0.3, 0.4) is 0 Å². The summed E-state index contributed by atoms with van der Waals surface area (Å²) in [7, 11) is 1.69. The molecule has 1 fully saturated rings. The lowest BCUT2D eigenvalue weighted by molar-refractivity contribution is -0.137. The molecule has 1 aliphatic carbocycles. The molecule has 0 aromatic heterocycles. The molecule has 2 unspecified atom stereocenters. The first-order valence-corrected chi connectivity index (χ1v) is 12.3. The zero-order chi connectivity index (χ0) is 25.2. The Hall–Kier alpha value is -3.03. The predicted octanol–water partition coefficient (Wildman–Crippen LogP) is 6.64. The predicted molar refractivity (Wildman–Crippen MR) is 132 cm³/mol. The van der Waals surface area contributed by atoms with E-state index in [1.54, 1.807) is 24.1 Å². The van der Waals surface area contributed by atoms with Gasteiger partial charge in [-0.15, -0.1) is 0 Å². The summed E-state index contributed by atoms with van der Waals surface area (Å²) in [6.45, 7) is 2.17. The van der Waals surface area contributed by atoms with Crippen LogP contribution < -0.4 is 15.5 Å². The summed E-state index contributed by atoms with van der Waals surface area (Å²) in [4.78, 5) is 26.8. The molecule has 2 aliphatic rings. The van der Waals surface area contributed by atoms with E-state index >= 15 is 0 Å². The first-order valence-electron chi connectivity index (χ1n) is 12.3. The molecule has 35 heavy (non-hydrogen) atoms. The van der Waals surface area contributed by atoms with Crippen LogP contribution >= 0.6 is 0 Å². The maximum atomic E-state index is 13.5. The molecule has 4 rings (SSSR count). The monoisotopic (exact) mass is 487 g/mol. The van der Waals surface area contributed by atoms with E-state index in [0.29, 0.717) is 24.4 Å². The number of nitrogens with one attached hydrogen (secondary N) is 2. The summed E-state index contributed by atoms with van der Waals surface area (Å²) < 4.78 is 40.4. The Labute approximate surface area is 204 Å². The number of halogens is 3. The number of anilines is 3. The minimum atomic E-state index is -4.50. The largest absolute Gasteiger partial charge is 0.416 e. The lowest BCUT2D eigenvalue weighted by Gasteiger charge is -2.26. The third-order valence-corrected chi connectivity index (χ3v) is 7.30. The number of rotatable bonds is 5. The lowest BCUT2D eigenvalue weighted by atomic mass is 9.97. The van der Waals surface area contributed by atoms with Crippen LogP contribution in [0, 0.1) is 5.92 Å². The molecule has 0 bridgehead atoms. The fraction of sp³-hybridized carbons (Fsp3) is 0.481. The zero-order valence-corrected chi connectivity index (χ0v) is 20.2. The molecule has 1 saturated carbocycles. The van der Waals surface area contributed by atoms with Crippen molar-refractivity contribution < 1.29 is 22.8 Å². The molecule has 188 valence electrons. The molecule has 5 nitrogen and oxygen atoms in total. The number of hydrogen-bond acceptors (Lipinski definition) is 3. The van der Waals surface area contributed by atoms with Gasteiger partial charge in [0.2, 0.25) is 5.91 Å². The van der Waals surface area contributed by atoms with Crippen LogP contribution in [0.5, 0.6) is 0 Å². The third-order valence-electron chi connectivity index (χ3n) is 7.30. The first kappa shape index (κ1) is 25.1. The number of alkyl halides is 3. The van der Waals surface area contributed by atoms with Gasteiger partial charge in [-0.2, -0.15) is 13.2 Å². The van der Waals surface area contributed by atoms with Crippen LogP contribution in [0.1, 0.15) is 73.4 Å². The molecule has 2 aromatic carbocycles. The lowest BCUT2D eigenvalue weighted by Crippen LogP contribution is -2.31. The highest BCUT2D eigenvalue weighted by molar-refractivity contribution is 6.08. The Morgan fingerprint density at radius 1 is 1.06 bits per heavy atom. The second-order valence-corrected chi connectivity index (χ2v) is 9.63. The highest BCUT2D eigenvalue weighted by Gasteiger charge is 2.32. The van der Waals surface area contributed by atoms with Crippen molar-refractivity contribution in [3.05, 3.63) is 53.1 Å². The van der Waals surface area contributed by atoms with Crippen LogP contribution in [-0.2, 0) is 17.4 Å². The summed E-state index contributed by atoms with van der Waals surface area (Å²) in [6, 6.07) is 8.60. The quantitative estimate of drug-likeness (QED) is 0.465. The van der Waals surface area contributed by atoms with Crippen molar-refractivity contribution in [1.82, 2.24) is 0 Å². The second kappa shape index (κ2) is 10.3. The van der Waals surface area contributed by atoms with Gasteiger partial charge in [-0.25, -0.2) is 0 Å². The number of hydrogen-bond donors (Lipinski definition) is 2. The summed E-state index contributed by atoms with van der Waals surface area (Å²) in [5, 5.41) is 6.07. The van der Waals surface area contributed by atoms with E-state index in [-0.39, 0.29) is 23.2 Å². The normalized spacial score (nSPS) is 20.7. The van der Waals surface area contributed by atoms with Crippen molar-refractivity contribution in [2.75, 3.05) is 22.6 Å². The van der Waals surface area contributed by atoms with Gasteiger partial charge in [0.05, 0.1) is 11.1 Å². The molecule has 2 N–H and O–H groups in total. The van der Waals surface area contributed by atoms with Gasteiger partial charge in [-0.05, 0) is 67.5 Å². The molecule has 2 aromatic rings. The van der Waals surface area contributed by atoms with Gasteiger partial charge in [0.15, 0.2) is 0 Å². The molecule has 0 spiro atoms. The minimum absolute atomic E-state index is 0.00362. The maximum absolute atomic E-state index is 13.5. The number of benzene rings is 2. The van der Waals surface area contributed by atoms with E-state index in [1.807, 2.05) is 6.07 Å². The number of aryl methyl sites for hydroxylation is 1. The van der Waals surface area contributed by atoms with Gasteiger partial charge >= 0.3 is 6.18 Å². The first-order chi connectivity index (χ1) is 16.7. The van der Waals surface area contributed by atoms with Crippen LogP contribution in [-0.4, -0.2) is 24.9 Å². The van der Waals surface area contributed by atoms with E-state index in [4.69, 9.17) is 0 Å². The van der Waals surface area contributed by atoms with Gasteiger partial charge in [0.25, 0.3) is 5.91 Å². The Balaban J connectivity index is 1.58. The van der Waals surface area contributed by atoms with Crippen LogP contribution in [0.4, 0.5) is 30.2 Å². The average molecular weight is 488 g/mol. The van der Waals surface area contributed by atoms with Crippen LogP contribution in [0.15, 0.2) is 36.4 Å². The molecule has 1 aliphatic heterocycles. The molecular weight excluding hydrogens is 455 g/mol. The van der Waals surface area contributed by atoms with Gasteiger partial charge in [-0.1, -0.05) is 32.3 Å².